The van der Waals surface area contributed by atoms with Crippen LogP contribution in [0.25, 0.3) is 0 Å². The number of anilines is 2. The van der Waals surface area contributed by atoms with Gasteiger partial charge in [0.05, 0.1) is 26.9 Å². The summed E-state index contributed by atoms with van der Waals surface area (Å²) < 4.78 is 61.3. The van der Waals surface area contributed by atoms with Crippen molar-refractivity contribution in [1.82, 2.24) is 25.0 Å². The number of carbonyl (C=O) groups excluding carboxylic acids is 2. The average molecular weight is 700 g/mol. The van der Waals surface area contributed by atoms with E-state index in [0.29, 0.717) is 16.1 Å². The maximum atomic E-state index is 13.9. The number of aromatic nitrogens is 4. The summed E-state index contributed by atoms with van der Waals surface area (Å²) in [5.41, 5.74) is 10.9. The lowest BCUT2D eigenvalue weighted by atomic mass is 10.0. The molecule has 18 heteroatoms. The topological polar surface area (TPSA) is 169 Å². The van der Waals surface area contributed by atoms with E-state index in [4.69, 9.17) is 21.0 Å². The van der Waals surface area contributed by atoms with Crippen molar-refractivity contribution in [3.8, 4) is 11.5 Å². The fraction of sp³-hybridized carbons (Fsp3) is 0.241. The first-order valence-corrected chi connectivity index (χ1v) is 15.0. The van der Waals surface area contributed by atoms with Crippen LogP contribution in [0.15, 0.2) is 53.0 Å². The molecule has 1 amide bonds. The molecule has 4 rings (SSSR count). The second kappa shape index (κ2) is 19.1. The van der Waals surface area contributed by atoms with E-state index in [1.807, 2.05) is 6.26 Å². The van der Waals surface area contributed by atoms with Crippen molar-refractivity contribution in [3.63, 3.8) is 0 Å². The van der Waals surface area contributed by atoms with Gasteiger partial charge in [-0.1, -0.05) is 31.0 Å². The van der Waals surface area contributed by atoms with Crippen molar-refractivity contribution in [2.45, 2.75) is 17.7 Å². The Morgan fingerprint density at radius 2 is 1.32 bits per heavy atom. The van der Waals surface area contributed by atoms with E-state index in [0.717, 1.165) is 23.3 Å². The molecule has 0 radical (unpaired) electrons. The molecule has 0 aliphatic carbocycles. The van der Waals surface area contributed by atoms with Gasteiger partial charge in [0.1, 0.15) is 34.3 Å². The molecule has 0 bridgehead atoms. The summed E-state index contributed by atoms with van der Waals surface area (Å²) in [5, 5.41) is 1.97. The number of amides is 1. The number of hydroxylamine groups is 2. The second-order valence-electron chi connectivity index (χ2n) is 8.34. The smallest absolute Gasteiger partial charge is 0.282 e. The van der Waals surface area contributed by atoms with Crippen molar-refractivity contribution in [1.29, 1.82) is 0 Å². The average Bonchev–Trinajstić information content (AvgIpc) is 3.06. The third-order valence-corrected chi connectivity index (χ3v) is 6.75. The number of ketones is 1. The molecule has 4 N–H and O–H groups in total. The van der Waals surface area contributed by atoms with Crippen LogP contribution in [-0.4, -0.2) is 77.6 Å². The van der Waals surface area contributed by atoms with Crippen LogP contribution in [-0.2, 0) is 4.84 Å². The molecule has 2 aromatic heterocycles. The Bertz CT molecular complexity index is 1690. The van der Waals surface area contributed by atoms with Crippen LogP contribution in [0.5, 0.6) is 11.5 Å². The van der Waals surface area contributed by atoms with Crippen molar-refractivity contribution in [2.75, 3.05) is 52.4 Å². The molecule has 0 atom stereocenters. The molecule has 0 spiro atoms. The van der Waals surface area contributed by atoms with Gasteiger partial charge in [-0.05, 0) is 36.8 Å². The Hall–Kier alpha value is -4.68. The highest BCUT2D eigenvalue weighted by Crippen LogP contribution is 2.28. The Morgan fingerprint density at radius 1 is 0.787 bits per heavy atom. The highest BCUT2D eigenvalue weighted by molar-refractivity contribution is 7.98. The number of thioether (sulfide) groups is 2. The standard InChI is InChI=1S/C13H11F2N3O2S.C8H12N4O2S.C7H6F2O.CH4/c1-20-8-4-3-7(14)10(15)9(8)11(19)6-5-17-13(21-2)18-12(6)16;1-12(14-2)7(13)5-4-10-8(15-3)11-6(5)9;1-10-5-2-3-6(8)7(9)4-5;/h3-5H,1-2H3,(H2,16,17,18);4H,1-3H3,(H2,9,10,11);2-4H,1H3;1H4. The van der Waals surface area contributed by atoms with Crippen LogP contribution >= 0.6 is 23.5 Å². The lowest BCUT2D eigenvalue weighted by Crippen LogP contribution is -2.26. The molecule has 4 aromatic rings. The fourth-order valence-electron chi connectivity index (χ4n) is 3.20. The van der Waals surface area contributed by atoms with Gasteiger partial charge in [-0.2, -0.15) is 0 Å². The minimum Gasteiger partial charge on any atom is -0.497 e. The van der Waals surface area contributed by atoms with E-state index >= 15 is 0 Å². The van der Waals surface area contributed by atoms with Crippen molar-refractivity contribution in [2.24, 2.45) is 0 Å². The van der Waals surface area contributed by atoms with Gasteiger partial charge < -0.3 is 20.9 Å². The largest absolute Gasteiger partial charge is 0.497 e. The van der Waals surface area contributed by atoms with Gasteiger partial charge in [-0.3, -0.25) is 14.4 Å². The monoisotopic (exact) mass is 699 g/mol. The predicted molar refractivity (Wildman–Crippen MR) is 172 cm³/mol. The van der Waals surface area contributed by atoms with Crippen LogP contribution in [0.3, 0.4) is 0 Å². The zero-order valence-electron chi connectivity index (χ0n) is 25.3. The predicted octanol–water partition coefficient (Wildman–Crippen LogP) is 5.32. The lowest BCUT2D eigenvalue weighted by Gasteiger charge is -2.14. The van der Waals surface area contributed by atoms with Crippen LogP contribution < -0.4 is 20.9 Å². The van der Waals surface area contributed by atoms with Crippen LogP contribution in [0.4, 0.5) is 29.2 Å². The second-order valence-corrected chi connectivity index (χ2v) is 9.89. The number of hydrogen-bond donors (Lipinski definition) is 2. The molecule has 0 aliphatic rings. The zero-order chi connectivity index (χ0) is 34.6. The highest BCUT2D eigenvalue weighted by atomic mass is 32.2. The van der Waals surface area contributed by atoms with Gasteiger partial charge in [-0.25, -0.2) is 42.6 Å². The number of halogens is 4. The zero-order valence-corrected chi connectivity index (χ0v) is 26.9. The number of rotatable bonds is 8. The van der Waals surface area contributed by atoms with Crippen LogP contribution in [0.2, 0.25) is 0 Å². The fourth-order valence-corrected chi connectivity index (χ4v) is 3.89. The molecular weight excluding hydrogens is 666 g/mol. The summed E-state index contributed by atoms with van der Waals surface area (Å²) in [6, 6.07) is 5.42. The number of ether oxygens (including phenoxy) is 2. The Labute approximate surface area is 277 Å². The van der Waals surface area contributed by atoms with Crippen LogP contribution in [0.1, 0.15) is 33.7 Å². The van der Waals surface area contributed by atoms with E-state index in [1.54, 1.807) is 6.26 Å². The Kier molecular flexibility index (Phi) is 16.4. The number of benzene rings is 2. The number of nitrogens with two attached hydrogens (primary N) is 2. The van der Waals surface area contributed by atoms with E-state index in [1.165, 1.54) is 76.4 Å². The molecule has 2 heterocycles. The van der Waals surface area contributed by atoms with E-state index in [-0.39, 0.29) is 41.8 Å². The van der Waals surface area contributed by atoms with Crippen LogP contribution in [0, 0.1) is 23.3 Å². The van der Waals surface area contributed by atoms with Gasteiger partial charge in [-0.15, -0.1) is 0 Å². The first-order chi connectivity index (χ1) is 21.8. The molecule has 0 unspecified atom stereocenters. The third kappa shape index (κ3) is 10.7. The normalized spacial score (nSPS) is 9.91. The van der Waals surface area contributed by atoms with Gasteiger partial charge in [0.15, 0.2) is 33.6 Å². The van der Waals surface area contributed by atoms with Crippen molar-refractivity contribution >= 4 is 46.8 Å². The summed E-state index contributed by atoms with van der Waals surface area (Å²) in [5.74, 6) is -5.14. The minimum absolute atomic E-state index is 0. The first kappa shape index (κ1) is 40.3. The quantitative estimate of drug-likeness (QED) is 0.0798. The molecule has 0 fully saturated rings. The highest BCUT2D eigenvalue weighted by Gasteiger charge is 2.25. The molecular formula is C29H33F4N7O5S2. The molecule has 12 nitrogen and oxygen atoms in total. The maximum Gasteiger partial charge on any atom is 0.282 e. The summed E-state index contributed by atoms with van der Waals surface area (Å²) in [6.07, 6.45) is 6.15. The van der Waals surface area contributed by atoms with E-state index in [2.05, 4.69) is 24.7 Å². The Morgan fingerprint density at radius 3 is 1.77 bits per heavy atom. The first-order valence-electron chi connectivity index (χ1n) is 12.5. The van der Waals surface area contributed by atoms with Crippen molar-refractivity contribution < 1.29 is 41.5 Å². The summed E-state index contributed by atoms with van der Waals surface area (Å²) in [7, 11) is 5.53. The molecule has 2 aromatic carbocycles. The maximum absolute atomic E-state index is 13.9. The number of hydrogen-bond acceptors (Lipinski definition) is 13. The molecule has 0 aliphatic heterocycles. The number of carbonyl (C=O) groups is 2. The van der Waals surface area contributed by atoms with E-state index < -0.39 is 34.6 Å². The number of nitrogen functional groups attached to an aromatic ring is 2. The number of methoxy groups -OCH3 is 2. The third-order valence-electron chi connectivity index (χ3n) is 5.62. The summed E-state index contributed by atoms with van der Waals surface area (Å²) in [6.45, 7) is 0. The molecule has 0 saturated carbocycles. The van der Waals surface area contributed by atoms with Gasteiger partial charge in [0.25, 0.3) is 5.91 Å². The van der Waals surface area contributed by atoms with Gasteiger partial charge >= 0.3 is 0 Å². The summed E-state index contributed by atoms with van der Waals surface area (Å²) >= 11 is 2.60. The van der Waals surface area contributed by atoms with Gasteiger partial charge in [0.2, 0.25) is 5.78 Å². The van der Waals surface area contributed by atoms with Crippen molar-refractivity contribution in [3.05, 3.63) is 82.7 Å². The SMILES string of the molecule is C.CON(C)C(=O)c1cnc(SC)nc1N.COc1ccc(F)c(F)c1.COc1ccc(F)c(F)c1C(=O)c1cnc(SC)nc1N. The molecule has 47 heavy (non-hydrogen) atoms. The molecule has 0 saturated heterocycles. The summed E-state index contributed by atoms with van der Waals surface area (Å²) in [4.78, 5) is 44.5. The lowest BCUT2D eigenvalue weighted by molar-refractivity contribution is -0.0756. The molecule has 254 valence electrons. The van der Waals surface area contributed by atoms with Gasteiger partial charge in [0, 0.05) is 25.5 Å². The number of nitrogens with zero attached hydrogens (tertiary/aromatic N) is 5. The Balaban J connectivity index is 0.000000373. The minimum atomic E-state index is -1.30. The van der Waals surface area contributed by atoms with E-state index in [9.17, 15) is 27.2 Å².